The summed E-state index contributed by atoms with van der Waals surface area (Å²) in [5, 5.41) is 15.0. The highest BCUT2D eigenvalue weighted by atomic mass is 16.4. The number of anilines is 1. The minimum Gasteiger partial charge on any atom is -0.465 e. The maximum Gasteiger partial charge on any atom is 0.405 e. The first kappa shape index (κ1) is 18.9. The molecule has 1 aliphatic heterocycles. The second-order valence-electron chi connectivity index (χ2n) is 6.98. The van der Waals surface area contributed by atoms with Crippen molar-refractivity contribution in [3.05, 3.63) is 53.6 Å². The van der Waals surface area contributed by atoms with Crippen LogP contribution in [0, 0.1) is 0 Å². The van der Waals surface area contributed by atoms with E-state index in [0.29, 0.717) is 6.42 Å². The van der Waals surface area contributed by atoms with E-state index in [-0.39, 0.29) is 18.0 Å². The van der Waals surface area contributed by atoms with E-state index in [4.69, 9.17) is 0 Å². The van der Waals surface area contributed by atoms with Gasteiger partial charge in [-0.15, -0.1) is 0 Å². The Bertz CT molecular complexity index is 866. The minimum atomic E-state index is -1.06. The molecule has 0 spiro atoms. The first-order chi connectivity index (χ1) is 12.9. The molecule has 2 aromatic carbocycles. The van der Waals surface area contributed by atoms with Crippen LogP contribution in [0.15, 0.2) is 42.5 Å². The Kier molecular flexibility index (Phi) is 5.46. The number of carbonyl (C=O) groups is 2. The molecule has 0 aromatic heterocycles. The van der Waals surface area contributed by atoms with Crippen LogP contribution in [0.2, 0.25) is 0 Å². The average molecular weight is 367 g/mol. The molecule has 3 rings (SSSR count). The number of amides is 2. The van der Waals surface area contributed by atoms with Crippen molar-refractivity contribution >= 4 is 17.7 Å². The number of hydrogen-bond acceptors (Lipinski definition) is 3. The molecule has 1 heterocycles. The molecule has 142 valence electrons. The lowest BCUT2D eigenvalue weighted by Crippen LogP contribution is -2.45. The van der Waals surface area contributed by atoms with Crippen LogP contribution in [0.1, 0.15) is 37.4 Å². The van der Waals surface area contributed by atoms with Crippen LogP contribution >= 0.6 is 0 Å². The molecule has 1 aliphatic rings. The molecule has 0 aliphatic carbocycles. The summed E-state index contributed by atoms with van der Waals surface area (Å²) in [5.74, 6) is -0.0405. The third kappa shape index (κ3) is 3.95. The second kappa shape index (κ2) is 7.80. The summed E-state index contributed by atoms with van der Waals surface area (Å²) in [6.45, 7) is 4.26. The Labute approximate surface area is 159 Å². The van der Waals surface area contributed by atoms with Gasteiger partial charge in [0.25, 0.3) is 0 Å². The number of nitrogens with one attached hydrogen (secondary N) is 2. The van der Waals surface area contributed by atoms with Crippen molar-refractivity contribution in [2.24, 2.45) is 0 Å². The number of carbonyl (C=O) groups excluding carboxylic acids is 1. The van der Waals surface area contributed by atoms with E-state index >= 15 is 0 Å². The van der Waals surface area contributed by atoms with Crippen LogP contribution in [0.4, 0.5) is 10.5 Å². The van der Waals surface area contributed by atoms with Gasteiger partial charge in [-0.3, -0.25) is 4.79 Å². The molecule has 0 fully saturated rings. The van der Waals surface area contributed by atoms with Crippen LogP contribution in [-0.4, -0.2) is 30.2 Å². The maximum atomic E-state index is 12.2. The lowest BCUT2D eigenvalue weighted by molar-refractivity contribution is -0.117. The van der Waals surface area contributed by atoms with E-state index in [0.717, 1.165) is 28.9 Å². The SMILES string of the molecule is CNCc1cccc(-c2ccc3c(c2)[C@H](NC(=O)O)C[C@H](C)N3C(C)=O)c1. The van der Waals surface area contributed by atoms with Gasteiger partial charge in [0.05, 0.1) is 6.04 Å². The predicted molar refractivity (Wildman–Crippen MR) is 106 cm³/mol. The fourth-order valence-corrected chi connectivity index (χ4v) is 3.87. The van der Waals surface area contributed by atoms with Gasteiger partial charge >= 0.3 is 6.09 Å². The number of rotatable bonds is 4. The van der Waals surface area contributed by atoms with Gasteiger partial charge in [-0.25, -0.2) is 4.79 Å². The normalized spacial score (nSPS) is 18.7. The topological polar surface area (TPSA) is 81.7 Å². The van der Waals surface area contributed by atoms with Crippen LogP contribution in [0.25, 0.3) is 11.1 Å². The van der Waals surface area contributed by atoms with Crippen LogP contribution in [0.3, 0.4) is 0 Å². The summed E-state index contributed by atoms with van der Waals surface area (Å²) in [6, 6.07) is 13.7. The van der Waals surface area contributed by atoms with Crippen LogP contribution in [-0.2, 0) is 11.3 Å². The van der Waals surface area contributed by atoms with E-state index < -0.39 is 6.09 Å². The van der Waals surface area contributed by atoms with Crippen LogP contribution < -0.4 is 15.5 Å². The zero-order chi connectivity index (χ0) is 19.6. The van der Waals surface area contributed by atoms with Gasteiger partial charge in [0.1, 0.15) is 0 Å². The number of nitrogens with zero attached hydrogens (tertiary/aromatic N) is 1. The first-order valence-corrected chi connectivity index (χ1v) is 9.07. The summed E-state index contributed by atoms with van der Waals surface area (Å²) >= 11 is 0. The Hall–Kier alpha value is -2.86. The first-order valence-electron chi connectivity index (χ1n) is 9.07. The fourth-order valence-electron chi connectivity index (χ4n) is 3.87. The molecule has 0 unspecified atom stereocenters. The van der Waals surface area contributed by atoms with E-state index in [1.165, 1.54) is 5.56 Å². The van der Waals surface area contributed by atoms with Gasteiger partial charge in [-0.05, 0) is 60.8 Å². The molecule has 2 amide bonds. The van der Waals surface area contributed by atoms with Crippen molar-refractivity contribution in [1.29, 1.82) is 0 Å². The smallest absolute Gasteiger partial charge is 0.405 e. The lowest BCUT2D eigenvalue weighted by Gasteiger charge is -2.39. The van der Waals surface area contributed by atoms with Crippen molar-refractivity contribution in [3.63, 3.8) is 0 Å². The molecule has 0 saturated heterocycles. The summed E-state index contributed by atoms with van der Waals surface area (Å²) < 4.78 is 0. The van der Waals surface area contributed by atoms with Crippen molar-refractivity contribution in [1.82, 2.24) is 10.6 Å². The second-order valence-corrected chi connectivity index (χ2v) is 6.98. The van der Waals surface area contributed by atoms with E-state index in [9.17, 15) is 14.7 Å². The largest absolute Gasteiger partial charge is 0.465 e. The highest BCUT2D eigenvalue weighted by Gasteiger charge is 2.33. The molecule has 0 bridgehead atoms. The molecular formula is C21H25N3O3. The van der Waals surface area contributed by atoms with Gasteiger partial charge in [0.2, 0.25) is 5.91 Å². The van der Waals surface area contributed by atoms with E-state index in [2.05, 4.69) is 22.8 Å². The number of fused-ring (bicyclic) bond motifs is 1. The maximum absolute atomic E-state index is 12.2. The Balaban J connectivity index is 2.07. The summed E-state index contributed by atoms with van der Waals surface area (Å²) in [5.41, 5.74) is 4.85. The lowest BCUT2D eigenvalue weighted by atomic mass is 9.89. The standard InChI is InChI=1S/C21H25N3O3/c1-13-9-19(23-21(26)27)18-11-17(7-8-20(18)24(13)14(2)25)16-6-4-5-15(10-16)12-22-3/h4-8,10-11,13,19,22-23H,9,12H2,1-3H3,(H,26,27)/t13-,19+/m0/s1. The van der Waals surface area contributed by atoms with Crippen molar-refractivity contribution < 1.29 is 14.7 Å². The molecule has 27 heavy (non-hydrogen) atoms. The van der Waals surface area contributed by atoms with E-state index in [1.807, 2.05) is 44.3 Å². The van der Waals surface area contributed by atoms with Gasteiger partial charge in [-0.2, -0.15) is 0 Å². The highest BCUT2D eigenvalue weighted by Crippen LogP contribution is 2.39. The molecule has 0 saturated carbocycles. The fraction of sp³-hybridized carbons (Fsp3) is 0.333. The summed E-state index contributed by atoms with van der Waals surface area (Å²) in [7, 11) is 1.91. The highest BCUT2D eigenvalue weighted by molar-refractivity contribution is 5.94. The minimum absolute atomic E-state index is 0.0405. The molecule has 3 N–H and O–H groups in total. The van der Waals surface area contributed by atoms with Crippen molar-refractivity contribution in [3.8, 4) is 11.1 Å². The van der Waals surface area contributed by atoms with Gasteiger partial charge in [0.15, 0.2) is 0 Å². The van der Waals surface area contributed by atoms with E-state index in [1.54, 1.807) is 11.8 Å². The third-order valence-corrected chi connectivity index (χ3v) is 4.96. The number of benzene rings is 2. The average Bonchev–Trinajstić information content (AvgIpc) is 2.61. The summed E-state index contributed by atoms with van der Waals surface area (Å²) in [4.78, 5) is 25.2. The Morgan fingerprint density at radius 2 is 1.93 bits per heavy atom. The Morgan fingerprint density at radius 3 is 2.59 bits per heavy atom. The summed E-state index contributed by atoms with van der Waals surface area (Å²) in [6.07, 6.45) is -0.516. The van der Waals surface area contributed by atoms with Gasteiger partial charge in [-0.1, -0.05) is 24.3 Å². The third-order valence-electron chi connectivity index (χ3n) is 4.96. The Morgan fingerprint density at radius 1 is 1.19 bits per heavy atom. The molecule has 0 radical (unpaired) electrons. The molecule has 2 aromatic rings. The molecular weight excluding hydrogens is 342 g/mol. The predicted octanol–water partition coefficient (Wildman–Crippen LogP) is 3.53. The number of hydrogen-bond donors (Lipinski definition) is 3. The molecule has 6 heteroatoms. The zero-order valence-corrected chi connectivity index (χ0v) is 15.8. The van der Waals surface area contributed by atoms with Gasteiger partial charge in [0, 0.05) is 25.2 Å². The van der Waals surface area contributed by atoms with Crippen molar-refractivity contribution in [2.45, 2.75) is 38.9 Å². The number of carboxylic acid groups (broad SMARTS) is 1. The molecule has 6 nitrogen and oxygen atoms in total. The van der Waals surface area contributed by atoms with Crippen LogP contribution in [0.5, 0.6) is 0 Å². The monoisotopic (exact) mass is 367 g/mol. The van der Waals surface area contributed by atoms with Crippen molar-refractivity contribution in [2.75, 3.05) is 11.9 Å². The van der Waals surface area contributed by atoms with Gasteiger partial charge < -0.3 is 20.6 Å². The quantitative estimate of drug-likeness (QED) is 0.772. The molecule has 2 atom stereocenters. The zero-order valence-electron chi connectivity index (χ0n) is 15.8.